The minimum absolute atomic E-state index is 0.197. The molecule has 12 heteroatoms. The number of carboxylic acid groups (broad SMARTS) is 2. The van der Waals surface area contributed by atoms with Crippen LogP contribution < -0.4 is 22.1 Å². The molecule has 0 saturated carbocycles. The number of hydrogen-bond donors (Lipinski definition) is 6. The summed E-state index contributed by atoms with van der Waals surface area (Å²) in [5, 5.41) is 21.9. The first kappa shape index (κ1) is 22.5. The molecule has 8 N–H and O–H groups in total. The molecule has 24 heavy (non-hydrogen) atoms. The van der Waals surface area contributed by atoms with Gasteiger partial charge in [0, 0.05) is 11.5 Å². The van der Waals surface area contributed by atoms with Crippen molar-refractivity contribution in [2.45, 2.75) is 38.0 Å². The molecule has 0 aliphatic carbocycles. The second kappa shape index (κ2) is 11.1. The number of aliphatic carboxylic acids is 2. The van der Waals surface area contributed by atoms with Crippen LogP contribution in [0.1, 0.15) is 13.8 Å². The standard InChI is InChI=1S/C12H22N4O6S2/c1-5(11(19)20)15-9(17)7(13)3-23-24-4-8(14)10(18)16-6(2)12(21)22/h5-8H,3-4,13-14H2,1-2H3,(H,15,17)(H,16,18)(H,19,20)(H,21,22). The first-order chi connectivity index (χ1) is 11.1. The van der Waals surface area contributed by atoms with Gasteiger partial charge in [-0.15, -0.1) is 0 Å². The molecule has 4 atom stereocenters. The van der Waals surface area contributed by atoms with Crippen LogP contribution in [0.25, 0.3) is 0 Å². The molecule has 0 fully saturated rings. The van der Waals surface area contributed by atoms with Crippen molar-refractivity contribution < 1.29 is 29.4 Å². The van der Waals surface area contributed by atoms with Crippen LogP contribution in [0.15, 0.2) is 0 Å². The Hall–Kier alpha value is -1.50. The highest BCUT2D eigenvalue weighted by molar-refractivity contribution is 8.76. The molecule has 2 amide bonds. The van der Waals surface area contributed by atoms with Gasteiger partial charge >= 0.3 is 11.9 Å². The summed E-state index contributed by atoms with van der Waals surface area (Å²) < 4.78 is 0. The molecule has 0 heterocycles. The van der Waals surface area contributed by atoms with Crippen LogP contribution >= 0.6 is 21.6 Å². The average molecular weight is 382 g/mol. The number of amides is 2. The molecular formula is C12H22N4O6S2. The first-order valence-corrected chi connectivity index (χ1v) is 9.37. The lowest BCUT2D eigenvalue weighted by atomic mass is 10.3. The number of nitrogens with one attached hydrogen (secondary N) is 2. The van der Waals surface area contributed by atoms with E-state index in [1.54, 1.807) is 0 Å². The van der Waals surface area contributed by atoms with Gasteiger partial charge in [-0.2, -0.15) is 0 Å². The molecule has 4 unspecified atom stereocenters. The zero-order valence-corrected chi connectivity index (χ0v) is 14.9. The molecule has 0 bridgehead atoms. The van der Waals surface area contributed by atoms with Crippen LogP contribution in [0.5, 0.6) is 0 Å². The van der Waals surface area contributed by atoms with E-state index in [0.717, 1.165) is 0 Å². The van der Waals surface area contributed by atoms with E-state index in [9.17, 15) is 19.2 Å². The van der Waals surface area contributed by atoms with Crippen LogP contribution in [0.2, 0.25) is 0 Å². The summed E-state index contributed by atoms with van der Waals surface area (Å²) in [4.78, 5) is 44.5. The maximum absolute atomic E-state index is 11.6. The second-order valence-electron chi connectivity index (χ2n) is 4.92. The van der Waals surface area contributed by atoms with E-state index in [-0.39, 0.29) is 11.5 Å². The number of rotatable bonds is 11. The van der Waals surface area contributed by atoms with E-state index < -0.39 is 47.9 Å². The van der Waals surface area contributed by atoms with E-state index in [2.05, 4.69) is 10.6 Å². The summed E-state index contributed by atoms with van der Waals surface area (Å²) in [6, 6.07) is -3.87. The van der Waals surface area contributed by atoms with E-state index >= 15 is 0 Å². The summed E-state index contributed by atoms with van der Waals surface area (Å²) >= 11 is 0. The molecule has 10 nitrogen and oxygen atoms in total. The van der Waals surface area contributed by atoms with Gasteiger partial charge in [0.1, 0.15) is 12.1 Å². The smallest absolute Gasteiger partial charge is 0.325 e. The Bertz CT molecular complexity index is 436. The molecule has 0 spiro atoms. The topological polar surface area (TPSA) is 185 Å². The summed E-state index contributed by atoms with van der Waals surface area (Å²) in [7, 11) is 2.41. The SMILES string of the molecule is CC(NC(=O)C(N)CSSCC(N)C(=O)NC(C)C(=O)O)C(=O)O. The fourth-order valence-corrected chi connectivity index (χ4v) is 3.40. The van der Waals surface area contributed by atoms with Crippen molar-refractivity contribution >= 4 is 45.3 Å². The van der Waals surface area contributed by atoms with Gasteiger partial charge < -0.3 is 32.3 Å². The van der Waals surface area contributed by atoms with Gasteiger partial charge in [0.05, 0.1) is 12.1 Å². The lowest BCUT2D eigenvalue weighted by Gasteiger charge is -2.16. The molecule has 0 saturated heterocycles. The quantitative estimate of drug-likeness (QED) is 0.176. The third-order valence-electron chi connectivity index (χ3n) is 2.71. The fraction of sp³-hybridized carbons (Fsp3) is 0.667. The van der Waals surface area contributed by atoms with E-state index in [4.69, 9.17) is 21.7 Å². The molecule has 0 aromatic rings. The number of carbonyl (C=O) groups is 4. The molecule has 0 rings (SSSR count). The Morgan fingerprint density at radius 3 is 1.38 bits per heavy atom. The van der Waals surface area contributed by atoms with Crippen molar-refractivity contribution in [2.75, 3.05) is 11.5 Å². The molecule has 0 aliphatic rings. The van der Waals surface area contributed by atoms with Crippen LogP contribution in [0.3, 0.4) is 0 Å². The second-order valence-corrected chi connectivity index (χ2v) is 7.47. The van der Waals surface area contributed by atoms with Crippen molar-refractivity contribution in [1.29, 1.82) is 0 Å². The van der Waals surface area contributed by atoms with Crippen LogP contribution in [-0.4, -0.2) is 69.6 Å². The molecule has 0 aromatic carbocycles. The van der Waals surface area contributed by atoms with Crippen LogP contribution in [-0.2, 0) is 19.2 Å². The lowest BCUT2D eigenvalue weighted by molar-refractivity contribution is -0.141. The minimum atomic E-state index is -1.16. The molecular weight excluding hydrogens is 360 g/mol. The van der Waals surface area contributed by atoms with Gasteiger partial charge in [-0.1, -0.05) is 21.6 Å². The Morgan fingerprint density at radius 2 is 1.12 bits per heavy atom. The first-order valence-electron chi connectivity index (χ1n) is 6.88. The monoisotopic (exact) mass is 382 g/mol. The highest BCUT2D eigenvalue weighted by Gasteiger charge is 2.21. The third kappa shape index (κ3) is 8.96. The molecule has 138 valence electrons. The lowest BCUT2D eigenvalue weighted by Crippen LogP contribution is -2.48. The zero-order valence-electron chi connectivity index (χ0n) is 13.2. The maximum Gasteiger partial charge on any atom is 0.325 e. The number of carboxylic acids is 2. The van der Waals surface area contributed by atoms with Crippen LogP contribution in [0, 0.1) is 0 Å². The predicted molar refractivity (Wildman–Crippen MR) is 91.3 cm³/mol. The largest absolute Gasteiger partial charge is 0.480 e. The Morgan fingerprint density at radius 1 is 0.833 bits per heavy atom. The van der Waals surface area contributed by atoms with E-state index in [1.165, 1.54) is 35.4 Å². The minimum Gasteiger partial charge on any atom is -0.480 e. The Labute approximate surface area is 146 Å². The maximum atomic E-state index is 11.6. The third-order valence-corrected chi connectivity index (χ3v) is 5.18. The normalized spacial score (nSPS) is 15.7. The molecule has 0 radical (unpaired) electrons. The van der Waals surface area contributed by atoms with Gasteiger partial charge in [-0.05, 0) is 13.8 Å². The predicted octanol–water partition coefficient (Wildman–Crippen LogP) is -1.80. The summed E-state index contributed by atoms with van der Waals surface area (Å²) in [6.45, 7) is 2.65. The number of nitrogens with two attached hydrogens (primary N) is 2. The summed E-state index contributed by atoms with van der Waals surface area (Å²) in [5.41, 5.74) is 11.3. The van der Waals surface area contributed by atoms with Gasteiger partial charge in [0.25, 0.3) is 0 Å². The summed E-state index contributed by atoms with van der Waals surface area (Å²) in [6.07, 6.45) is 0. The summed E-state index contributed by atoms with van der Waals surface area (Å²) in [5.74, 6) is -3.10. The van der Waals surface area contributed by atoms with Gasteiger partial charge in [-0.25, -0.2) is 0 Å². The van der Waals surface area contributed by atoms with Gasteiger partial charge in [-0.3, -0.25) is 19.2 Å². The number of carbonyl (C=O) groups excluding carboxylic acids is 2. The molecule has 0 aliphatic heterocycles. The highest BCUT2D eigenvalue weighted by Crippen LogP contribution is 2.22. The van der Waals surface area contributed by atoms with Crippen molar-refractivity contribution in [1.82, 2.24) is 10.6 Å². The van der Waals surface area contributed by atoms with Gasteiger partial charge in [0.15, 0.2) is 0 Å². The fourth-order valence-electron chi connectivity index (χ4n) is 1.16. The molecule has 0 aromatic heterocycles. The van der Waals surface area contributed by atoms with Gasteiger partial charge in [0.2, 0.25) is 11.8 Å². The van der Waals surface area contributed by atoms with E-state index in [0.29, 0.717) is 0 Å². The Balaban J connectivity index is 4.03. The van der Waals surface area contributed by atoms with Crippen LogP contribution in [0.4, 0.5) is 0 Å². The number of hydrogen-bond acceptors (Lipinski definition) is 8. The van der Waals surface area contributed by atoms with Crippen molar-refractivity contribution in [3.8, 4) is 0 Å². The zero-order chi connectivity index (χ0) is 18.9. The average Bonchev–Trinajstić information content (AvgIpc) is 2.50. The Kier molecular flexibility index (Phi) is 10.4. The van der Waals surface area contributed by atoms with E-state index in [1.807, 2.05) is 0 Å². The van der Waals surface area contributed by atoms with Crippen molar-refractivity contribution in [2.24, 2.45) is 11.5 Å². The van der Waals surface area contributed by atoms with Crippen molar-refractivity contribution in [3.63, 3.8) is 0 Å². The van der Waals surface area contributed by atoms with Crippen molar-refractivity contribution in [3.05, 3.63) is 0 Å². The highest BCUT2D eigenvalue weighted by atomic mass is 33.1.